The third kappa shape index (κ3) is 3.50. The quantitative estimate of drug-likeness (QED) is 0.345. The Morgan fingerprint density at radius 3 is 2.46 bits per heavy atom. The van der Waals surface area contributed by atoms with E-state index in [0.29, 0.717) is 5.56 Å². The molecule has 0 saturated heterocycles. The van der Waals surface area contributed by atoms with Crippen molar-refractivity contribution in [3.05, 3.63) is 69.8 Å². The highest BCUT2D eigenvalue weighted by Crippen LogP contribution is 2.35. The molecule has 9 nitrogen and oxygen atoms in total. The Bertz CT molecular complexity index is 1240. The molecule has 0 saturated carbocycles. The lowest BCUT2D eigenvalue weighted by molar-refractivity contribution is -0.385. The first-order valence-corrected chi connectivity index (χ1v) is 9.32. The lowest BCUT2D eigenvalue weighted by atomic mass is 10.1. The van der Waals surface area contributed by atoms with E-state index in [1.54, 1.807) is 6.92 Å². The second kappa shape index (κ2) is 6.91. The summed E-state index contributed by atoms with van der Waals surface area (Å²) in [6.45, 7) is 1.69. The van der Waals surface area contributed by atoms with Gasteiger partial charge in [-0.3, -0.25) is 19.5 Å². The van der Waals surface area contributed by atoms with Crippen molar-refractivity contribution < 1.29 is 27.8 Å². The number of nitrogens with one attached hydrogen (secondary N) is 1. The first-order chi connectivity index (χ1) is 13.1. The molecule has 0 atom stereocenters. The molecule has 3 rings (SSSR count). The number of fused-ring (bicyclic) bond motifs is 1. The molecular weight excluding hydrogens is 388 g/mol. The minimum absolute atomic E-state index is 0.0756. The van der Waals surface area contributed by atoms with Crippen molar-refractivity contribution in [2.45, 2.75) is 11.8 Å². The maximum absolute atomic E-state index is 12.6. The summed E-state index contributed by atoms with van der Waals surface area (Å²) in [5, 5.41) is 24.3. The van der Waals surface area contributed by atoms with Crippen LogP contribution in [-0.4, -0.2) is 28.9 Å². The van der Waals surface area contributed by atoms with Crippen molar-refractivity contribution in [1.82, 2.24) is 0 Å². The molecule has 0 radical (unpaired) electrons. The second-order valence-electron chi connectivity index (χ2n) is 6.02. The number of carbonyl (C=O) groups excluding carboxylic acids is 1. The number of rotatable bonds is 4. The van der Waals surface area contributed by atoms with Gasteiger partial charge in [0.15, 0.2) is 0 Å². The first kappa shape index (κ1) is 19.3. The van der Waals surface area contributed by atoms with Gasteiger partial charge in [-0.25, -0.2) is 0 Å². The molecule has 0 bridgehead atoms. The molecule has 0 aliphatic heterocycles. The topological polar surface area (TPSA) is 147 Å². The van der Waals surface area contributed by atoms with Gasteiger partial charge in [0.05, 0.1) is 4.92 Å². The number of benzene rings is 3. The first-order valence-electron chi connectivity index (χ1n) is 7.88. The number of nitro groups is 1. The van der Waals surface area contributed by atoms with E-state index in [-0.39, 0.29) is 27.7 Å². The Morgan fingerprint density at radius 2 is 1.82 bits per heavy atom. The van der Waals surface area contributed by atoms with Crippen LogP contribution in [0.2, 0.25) is 0 Å². The molecule has 144 valence electrons. The van der Waals surface area contributed by atoms with Crippen molar-refractivity contribution in [2.24, 2.45) is 0 Å². The molecule has 0 aliphatic rings. The van der Waals surface area contributed by atoms with Crippen molar-refractivity contribution >= 4 is 38.2 Å². The van der Waals surface area contributed by atoms with Gasteiger partial charge in [0.1, 0.15) is 16.2 Å². The van der Waals surface area contributed by atoms with Crippen molar-refractivity contribution in [3.63, 3.8) is 0 Å². The number of carbonyl (C=O) groups is 1. The van der Waals surface area contributed by atoms with Crippen molar-refractivity contribution in [2.75, 3.05) is 5.32 Å². The lowest BCUT2D eigenvalue weighted by Crippen LogP contribution is -2.14. The molecule has 0 heterocycles. The highest BCUT2D eigenvalue weighted by atomic mass is 32.2. The maximum atomic E-state index is 12.6. The number of nitro benzene ring substituents is 1. The summed E-state index contributed by atoms with van der Waals surface area (Å²) in [5.41, 5.74) is 0.361. The van der Waals surface area contributed by atoms with E-state index in [0.717, 1.165) is 6.07 Å². The number of aryl methyl sites for hydroxylation is 1. The third-order valence-electron chi connectivity index (χ3n) is 4.12. The smallest absolute Gasteiger partial charge is 0.298 e. The van der Waals surface area contributed by atoms with E-state index >= 15 is 0 Å². The Morgan fingerprint density at radius 1 is 1.11 bits per heavy atom. The zero-order valence-corrected chi connectivity index (χ0v) is 15.2. The highest BCUT2D eigenvalue weighted by molar-refractivity contribution is 7.86. The largest absolute Gasteiger partial charge is 0.506 e. The van der Waals surface area contributed by atoms with Crippen LogP contribution in [0, 0.1) is 17.0 Å². The van der Waals surface area contributed by atoms with Gasteiger partial charge in [-0.05, 0) is 30.7 Å². The van der Waals surface area contributed by atoms with Crippen molar-refractivity contribution in [1.29, 1.82) is 0 Å². The molecule has 3 aromatic carbocycles. The summed E-state index contributed by atoms with van der Waals surface area (Å²) in [6, 6.07) is 10.8. The summed E-state index contributed by atoms with van der Waals surface area (Å²) < 4.78 is 31.9. The number of phenolic OH excluding ortho intramolecular Hbond substituents is 1. The van der Waals surface area contributed by atoms with Crippen LogP contribution < -0.4 is 5.32 Å². The fourth-order valence-corrected chi connectivity index (χ4v) is 3.41. The van der Waals surface area contributed by atoms with E-state index in [1.807, 2.05) is 0 Å². The normalized spacial score (nSPS) is 11.4. The van der Waals surface area contributed by atoms with Crippen LogP contribution in [0.1, 0.15) is 15.9 Å². The van der Waals surface area contributed by atoms with Crippen LogP contribution in [0.4, 0.5) is 11.4 Å². The van der Waals surface area contributed by atoms with Gasteiger partial charge >= 0.3 is 0 Å². The SMILES string of the molecule is Cc1ccc([N+](=O)[O-])c(C(=O)Nc2cccc3c(O)c(S(=O)(=O)O)ccc23)c1. The number of amides is 1. The van der Waals surface area contributed by atoms with Crippen LogP contribution in [-0.2, 0) is 10.1 Å². The zero-order chi connectivity index (χ0) is 20.6. The average Bonchev–Trinajstić information content (AvgIpc) is 2.61. The molecule has 10 heteroatoms. The van der Waals surface area contributed by atoms with Gasteiger partial charge in [0.25, 0.3) is 21.7 Å². The van der Waals surface area contributed by atoms with Crippen LogP contribution in [0.5, 0.6) is 5.75 Å². The van der Waals surface area contributed by atoms with Gasteiger partial charge in [-0.1, -0.05) is 24.3 Å². The number of anilines is 1. The molecule has 0 unspecified atom stereocenters. The summed E-state index contributed by atoms with van der Waals surface area (Å²) in [5.74, 6) is -1.40. The Hall–Kier alpha value is -3.50. The van der Waals surface area contributed by atoms with Gasteiger partial charge in [0.2, 0.25) is 0 Å². The van der Waals surface area contributed by atoms with Crippen LogP contribution in [0.25, 0.3) is 10.8 Å². The van der Waals surface area contributed by atoms with E-state index in [2.05, 4.69) is 5.32 Å². The fourth-order valence-electron chi connectivity index (χ4n) is 2.82. The minimum Gasteiger partial charge on any atom is -0.506 e. The van der Waals surface area contributed by atoms with E-state index in [1.165, 1.54) is 42.5 Å². The summed E-state index contributed by atoms with van der Waals surface area (Å²) in [7, 11) is -4.64. The Labute approximate surface area is 159 Å². The molecule has 28 heavy (non-hydrogen) atoms. The van der Waals surface area contributed by atoms with E-state index < -0.39 is 31.6 Å². The van der Waals surface area contributed by atoms with Crippen molar-refractivity contribution in [3.8, 4) is 5.75 Å². The predicted octanol–water partition coefficient (Wildman–Crippen LogP) is 3.26. The zero-order valence-electron chi connectivity index (χ0n) is 14.4. The van der Waals surface area contributed by atoms with Crippen LogP contribution >= 0.6 is 0 Å². The highest BCUT2D eigenvalue weighted by Gasteiger charge is 2.22. The summed E-state index contributed by atoms with van der Waals surface area (Å²) in [6.07, 6.45) is 0. The predicted molar refractivity (Wildman–Crippen MR) is 101 cm³/mol. The minimum atomic E-state index is -4.64. The number of nitrogens with zero attached hydrogens (tertiary/aromatic N) is 1. The van der Waals surface area contributed by atoms with Gasteiger partial charge in [-0.2, -0.15) is 8.42 Å². The van der Waals surface area contributed by atoms with Crippen LogP contribution in [0.15, 0.2) is 53.4 Å². The molecule has 0 spiro atoms. The lowest BCUT2D eigenvalue weighted by Gasteiger charge is -2.12. The molecule has 3 N–H and O–H groups in total. The van der Waals surface area contributed by atoms with Gasteiger partial charge < -0.3 is 10.4 Å². The summed E-state index contributed by atoms with van der Waals surface area (Å²) >= 11 is 0. The molecule has 0 fully saturated rings. The second-order valence-corrected chi connectivity index (χ2v) is 7.41. The number of aromatic hydroxyl groups is 1. The maximum Gasteiger partial charge on any atom is 0.298 e. The number of hydrogen-bond acceptors (Lipinski definition) is 6. The Balaban J connectivity index is 2.09. The van der Waals surface area contributed by atoms with Crippen LogP contribution in [0.3, 0.4) is 0 Å². The number of phenols is 1. The van der Waals surface area contributed by atoms with E-state index in [9.17, 15) is 33.0 Å². The fraction of sp³-hybridized carbons (Fsp3) is 0.0556. The molecule has 3 aromatic rings. The molecule has 0 aliphatic carbocycles. The standard InChI is InChI=1S/C18H14N2O7S/c1-10-5-7-15(20(23)24)13(9-10)18(22)19-14-4-2-3-12-11(14)6-8-16(17(12)21)28(25,26)27/h2-9,21H,1H3,(H,19,22)(H,25,26,27). The number of hydrogen-bond donors (Lipinski definition) is 3. The molecular formula is C18H14N2O7S. The molecule has 1 amide bonds. The monoisotopic (exact) mass is 402 g/mol. The summed E-state index contributed by atoms with van der Waals surface area (Å²) in [4.78, 5) is 22.5. The Kier molecular flexibility index (Phi) is 4.75. The third-order valence-corrected chi connectivity index (χ3v) is 5.00. The molecule has 0 aromatic heterocycles. The van der Waals surface area contributed by atoms with Gasteiger partial charge in [-0.15, -0.1) is 0 Å². The average molecular weight is 402 g/mol. The van der Waals surface area contributed by atoms with E-state index in [4.69, 9.17) is 0 Å². The van der Waals surface area contributed by atoms with Gasteiger partial charge in [0, 0.05) is 22.5 Å².